The van der Waals surface area contributed by atoms with E-state index in [0.717, 1.165) is 25.9 Å². The van der Waals surface area contributed by atoms with E-state index in [-0.39, 0.29) is 0 Å². The standard InChI is InChI=1S/C11H18N4O3/c12-11(1-5-16-6-2-11)9-13-10(14-18-9)15-3-7-17-8-4-15/h1-8,12H2. The lowest BCUT2D eigenvalue weighted by atomic mass is 9.91. The smallest absolute Gasteiger partial charge is 0.266 e. The lowest BCUT2D eigenvalue weighted by Crippen LogP contribution is -2.42. The quantitative estimate of drug-likeness (QED) is 0.786. The van der Waals surface area contributed by atoms with E-state index in [0.29, 0.717) is 38.3 Å². The largest absolute Gasteiger partial charge is 0.381 e. The molecular weight excluding hydrogens is 236 g/mol. The van der Waals surface area contributed by atoms with Gasteiger partial charge < -0.3 is 24.6 Å². The number of nitrogens with zero attached hydrogens (tertiary/aromatic N) is 3. The van der Waals surface area contributed by atoms with E-state index in [2.05, 4.69) is 15.0 Å². The normalized spacial score (nSPS) is 24.2. The molecule has 1 aromatic rings. The van der Waals surface area contributed by atoms with Crippen LogP contribution in [0.4, 0.5) is 5.95 Å². The van der Waals surface area contributed by atoms with Crippen LogP contribution >= 0.6 is 0 Å². The molecule has 7 heteroatoms. The van der Waals surface area contributed by atoms with Gasteiger partial charge in [-0.25, -0.2) is 0 Å². The maximum Gasteiger partial charge on any atom is 0.266 e. The molecule has 18 heavy (non-hydrogen) atoms. The molecule has 0 aromatic carbocycles. The van der Waals surface area contributed by atoms with Crippen molar-refractivity contribution in [2.75, 3.05) is 44.4 Å². The number of rotatable bonds is 2. The molecule has 3 heterocycles. The summed E-state index contributed by atoms with van der Waals surface area (Å²) in [6.45, 7) is 4.27. The minimum absolute atomic E-state index is 0.521. The predicted octanol–water partition coefficient (Wildman–Crippen LogP) is -0.129. The highest BCUT2D eigenvalue weighted by Gasteiger charge is 2.36. The maximum absolute atomic E-state index is 6.30. The summed E-state index contributed by atoms with van der Waals surface area (Å²) in [4.78, 5) is 6.50. The number of anilines is 1. The van der Waals surface area contributed by atoms with Gasteiger partial charge in [0.25, 0.3) is 5.95 Å². The molecule has 0 amide bonds. The van der Waals surface area contributed by atoms with E-state index >= 15 is 0 Å². The molecular formula is C11H18N4O3. The third kappa shape index (κ3) is 2.21. The Morgan fingerprint density at radius 2 is 1.72 bits per heavy atom. The summed E-state index contributed by atoms with van der Waals surface area (Å²) in [5, 5.41) is 4.02. The monoisotopic (exact) mass is 254 g/mol. The number of nitrogens with two attached hydrogens (primary N) is 1. The Labute approximate surface area is 105 Å². The maximum atomic E-state index is 6.30. The molecule has 2 fully saturated rings. The van der Waals surface area contributed by atoms with Crippen LogP contribution in [0, 0.1) is 0 Å². The van der Waals surface area contributed by atoms with Gasteiger partial charge in [0.05, 0.1) is 13.2 Å². The zero-order chi connectivity index (χ0) is 12.4. The van der Waals surface area contributed by atoms with Gasteiger partial charge in [0.1, 0.15) is 5.54 Å². The summed E-state index contributed by atoms with van der Waals surface area (Å²) < 4.78 is 15.9. The minimum atomic E-state index is -0.532. The molecule has 7 nitrogen and oxygen atoms in total. The Kier molecular flexibility index (Phi) is 3.19. The summed E-state index contributed by atoms with van der Waals surface area (Å²) in [6, 6.07) is 0. The molecule has 0 spiro atoms. The van der Waals surface area contributed by atoms with Crippen LogP contribution in [0.5, 0.6) is 0 Å². The van der Waals surface area contributed by atoms with Crippen LogP contribution in [0.2, 0.25) is 0 Å². The number of hydrogen-bond donors (Lipinski definition) is 1. The van der Waals surface area contributed by atoms with Gasteiger partial charge >= 0.3 is 0 Å². The topological polar surface area (TPSA) is 86.6 Å². The van der Waals surface area contributed by atoms with Gasteiger partial charge in [-0.15, -0.1) is 0 Å². The van der Waals surface area contributed by atoms with E-state index in [1.54, 1.807) is 0 Å². The zero-order valence-electron chi connectivity index (χ0n) is 10.3. The Balaban J connectivity index is 1.75. The highest BCUT2D eigenvalue weighted by atomic mass is 16.5. The summed E-state index contributed by atoms with van der Waals surface area (Å²) >= 11 is 0. The first-order valence-electron chi connectivity index (χ1n) is 6.31. The summed E-state index contributed by atoms with van der Waals surface area (Å²) in [7, 11) is 0. The predicted molar refractivity (Wildman–Crippen MR) is 63.2 cm³/mol. The van der Waals surface area contributed by atoms with Crippen molar-refractivity contribution < 1.29 is 14.0 Å². The van der Waals surface area contributed by atoms with Gasteiger partial charge in [0.15, 0.2) is 0 Å². The highest BCUT2D eigenvalue weighted by Crippen LogP contribution is 2.29. The molecule has 2 aliphatic rings. The van der Waals surface area contributed by atoms with Gasteiger partial charge in [0.2, 0.25) is 5.89 Å². The number of aromatic nitrogens is 2. The zero-order valence-corrected chi connectivity index (χ0v) is 10.3. The highest BCUT2D eigenvalue weighted by molar-refractivity contribution is 5.29. The fourth-order valence-electron chi connectivity index (χ4n) is 2.26. The van der Waals surface area contributed by atoms with Gasteiger partial charge in [0, 0.05) is 26.3 Å². The van der Waals surface area contributed by atoms with Gasteiger partial charge in [-0.1, -0.05) is 0 Å². The number of ether oxygens (including phenoxy) is 2. The SMILES string of the molecule is NC1(c2nc(N3CCOCC3)no2)CCOCC1. The third-order valence-electron chi connectivity index (χ3n) is 3.52. The lowest BCUT2D eigenvalue weighted by molar-refractivity contribution is 0.0400. The average Bonchev–Trinajstić information content (AvgIpc) is 2.91. The molecule has 2 aliphatic heterocycles. The number of hydrogen-bond acceptors (Lipinski definition) is 7. The molecule has 0 saturated carbocycles. The van der Waals surface area contributed by atoms with Crippen molar-refractivity contribution >= 4 is 5.95 Å². The van der Waals surface area contributed by atoms with Crippen LogP contribution in [0.1, 0.15) is 18.7 Å². The van der Waals surface area contributed by atoms with Crippen LogP contribution in [-0.2, 0) is 15.0 Å². The first-order valence-corrected chi connectivity index (χ1v) is 6.31. The molecule has 0 radical (unpaired) electrons. The molecule has 3 rings (SSSR count). The Morgan fingerprint density at radius 1 is 1.06 bits per heavy atom. The van der Waals surface area contributed by atoms with Crippen molar-refractivity contribution in [3.05, 3.63) is 5.89 Å². The average molecular weight is 254 g/mol. The van der Waals surface area contributed by atoms with Crippen LogP contribution in [0.25, 0.3) is 0 Å². The van der Waals surface area contributed by atoms with Crippen molar-refractivity contribution in [3.8, 4) is 0 Å². The fraction of sp³-hybridized carbons (Fsp3) is 0.818. The number of morpholine rings is 1. The van der Waals surface area contributed by atoms with Crippen LogP contribution in [0.3, 0.4) is 0 Å². The third-order valence-corrected chi connectivity index (χ3v) is 3.52. The summed E-state index contributed by atoms with van der Waals surface area (Å²) in [5.74, 6) is 1.14. The van der Waals surface area contributed by atoms with Crippen LogP contribution in [-0.4, -0.2) is 49.7 Å². The Morgan fingerprint density at radius 3 is 2.44 bits per heavy atom. The second-order valence-electron chi connectivity index (χ2n) is 4.77. The first-order chi connectivity index (χ1) is 8.78. The van der Waals surface area contributed by atoms with Crippen LogP contribution in [0.15, 0.2) is 4.52 Å². The first kappa shape index (κ1) is 11.9. The molecule has 2 N–H and O–H groups in total. The fourth-order valence-corrected chi connectivity index (χ4v) is 2.26. The van der Waals surface area contributed by atoms with Gasteiger partial charge in [-0.2, -0.15) is 4.98 Å². The molecule has 2 saturated heterocycles. The van der Waals surface area contributed by atoms with Crippen molar-refractivity contribution in [1.82, 2.24) is 10.1 Å². The molecule has 0 unspecified atom stereocenters. The second-order valence-corrected chi connectivity index (χ2v) is 4.77. The van der Waals surface area contributed by atoms with E-state index < -0.39 is 5.54 Å². The molecule has 0 bridgehead atoms. The van der Waals surface area contributed by atoms with Crippen molar-refractivity contribution in [2.24, 2.45) is 5.73 Å². The molecule has 0 aliphatic carbocycles. The Bertz CT molecular complexity index is 397. The minimum Gasteiger partial charge on any atom is -0.381 e. The van der Waals surface area contributed by atoms with Crippen molar-refractivity contribution in [1.29, 1.82) is 0 Å². The van der Waals surface area contributed by atoms with E-state index in [9.17, 15) is 0 Å². The summed E-state index contributed by atoms with van der Waals surface area (Å²) in [6.07, 6.45) is 1.44. The van der Waals surface area contributed by atoms with Gasteiger partial charge in [-0.05, 0) is 18.0 Å². The molecule has 1 aromatic heterocycles. The van der Waals surface area contributed by atoms with Crippen molar-refractivity contribution in [3.63, 3.8) is 0 Å². The van der Waals surface area contributed by atoms with E-state index in [1.807, 2.05) is 0 Å². The Hall–Kier alpha value is -1.18. The second kappa shape index (κ2) is 4.83. The summed E-state index contributed by atoms with van der Waals surface area (Å²) in [5.41, 5.74) is 5.77. The molecule has 0 atom stereocenters. The van der Waals surface area contributed by atoms with Crippen molar-refractivity contribution in [2.45, 2.75) is 18.4 Å². The lowest BCUT2D eigenvalue weighted by Gasteiger charge is -2.29. The van der Waals surface area contributed by atoms with Gasteiger partial charge in [-0.3, -0.25) is 0 Å². The molecule has 100 valence electrons. The van der Waals surface area contributed by atoms with E-state index in [1.165, 1.54) is 0 Å². The van der Waals surface area contributed by atoms with Crippen LogP contribution < -0.4 is 10.6 Å². The van der Waals surface area contributed by atoms with E-state index in [4.69, 9.17) is 19.7 Å².